The summed E-state index contributed by atoms with van der Waals surface area (Å²) in [5.41, 5.74) is 0.930. The number of carbonyl (C=O) groups excluding carboxylic acids is 2. The lowest BCUT2D eigenvalue weighted by atomic mass is 10.1. The van der Waals surface area contributed by atoms with Gasteiger partial charge in [0.2, 0.25) is 0 Å². The molecular weight excluding hydrogens is 467 g/mol. The summed E-state index contributed by atoms with van der Waals surface area (Å²) in [6.45, 7) is 1.65. The third kappa shape index (κ3) is 7.27. The Bertz CT molecular complexity index is 1150. The zero-order valence-corrected chi connectivity index (χ0v) is 18.9. The first kappa shape index (κ1) is 25.7. The summed E-state index contributed by atoms with van der Waals surface area (Å²) in [5.74, 6) is -2.14. The van der Waals surface area contributed by atoms with E-state index in [0.717, 1.165) is 18.2 Å². The molecule has 2 N–H and O–H groups in total. The highest BCUT2D eigenvalue weighted by atomic mass is 19.1. The quantitative estimate of drug-likeness (QED) is 0.377. The first-order chi connectivity index (χ1) is 16.9. The lowest BCUT2D eigenvalue weighted by Crippen LogP contribution is -2.23. The van der Waals surface area contributed by atoms with E-state index in [4.69, 9.17) is 9.47 Å². The molecule has 2 aromatic carbocycles. The van der Waals surface area contributed by atoms with E-state index in [2.05, 4.69) is 20.9 Å². The summed E-state index contributed by atoms with van der Waals surface area (Å²) in [6.07, 6.45) is 1.34. The Hall–Kier alpha value is -3.93. The highest BCUT2D eigenvalue weighted by molar-refractivity contribution is 5.95. The standard InChI is InChI=1S/C23H24F3N5O4/c1-2-27-22(32)16-3-4-20(21(11-16)35-8-7-34-6-5-24)31-14-19(29-30-31)23(33)28-13-15-9-17(25)12-18(26)10-15/h3-4,9-12,14H,2,5-8,13H2,1H3,(H,27,32)(H,28,33). The molecule has 12 heteroatoms. The van der Waals surface area contributed by atoms with Crippen molar-refractivity contribution in [3.63, 3.8) is 0 Å². The van der Waals surface area contributed by atoms with E-state index in [1.807, 2.05) is 0 Å². The minimum Gasteiger partial charge on any atom is -0.489 e. The zero-order valence-electron chi connectivity index (χ0n) is 18.9. The maximum Gasteiger partial charge on any atom is 0.273 e. The maximum absolute atomic E-state index is 13.3. The van der Waals surface area contributed by atoms with Gasteiger partial charge < -0.3 is 20.1 Å². The van der Waals surface area contributed by atoms with E-state index >= 15 is 0 Å². The lowest BCUT2D eigenvalue weighted by Gasteiger charge is -2.13. The van der Waals surface area contributed by atoms with Crippen LogP contribution in [0.1, 0.15) is 33.3 Å². The molecule has 2 amide bonds. The van der Waals surface area contributed by atoms with Crippen LogP contribution >= 0.6 is 0 Å². The molecule has 0 spiro atoms. The highest BCUT2D eigenvalue weighted by Gasteiger charge is 2.16. The van der Waals surface area contributed by atoms with Gasteiger partial charge in [-0.15, -0.1) is 5.10 Å². The molecular formula is C23H24F3N5O4. The van der Waals surface area contributed by atoms with Crippen molar-refractivity contribution in [2.24, 2.45) is 0 Å². The van der Waals surface area contributed by atoms with E-state index < -0.39 is 24.2 Å². The van der Waals surface area contributed by atoms with Gasteiger partial charge in [-0.1, -0.05) is 5.21 Å². The molecule has 0 saturated carbocycles. The highest BCUT2D eigenvalue weighted by Crippen LogP contribution is 2.24. The molecule has 0 unspecified atom stereocenters. The van der Waals surface area contributed by atoms with Gasteiger partial charge in [0, 0.05) is 24.7 Å². The van der Waals surface area contributed by atoms with Crippen LogP contribution in [0.3, 0.4) is 0 Å². The molecule has 35 heavy (non-hydrogen) atoms. The average Bonchev–Trinajstić information content (AvgIpc) is 3.32. The summed E-state index contributed by atoms with van der Waals surface area (Å²) >= 11 is 0. The van der Waals surface area contributed by atoms with Gasteiger partial charge in [-0.2, -0.15) is 0 Å². The van der Waals surface area contributed by atoms with E-state index in [1.54, 1.807) is 19.1 Å². The Morgan fingerprint density at radius 3 is 2.49 bits per heavy atom. The smallest absolute Gasteiger partial charge is 0.273 e. The lowest BCUT2D eigenvalue weighted by molar-refractivity contribution is 0.0894. The molecule has 0 radical (unpaired) electrons. The van der Waals surface area contributed by atoms with Crippen LogP contribution in [0.25, 0.3) is 5.69 Å². The van der Waals surface area contributed by atoms with Crippen molar-refractivity contribution in [3.8, 4) is 11.4 Å². The number of nitrogens with zero attached hydrogens (tertiary/aromatic N) is 3. The number of rotatable bonds is 12. The molecule has 1 aromatic heterocycles. The number of ether oxygens (including phenoxy) is 2. The largest absolute Gasteiger partial charge is 0.489 e. The topological polar surface area (TPSA) is 107 Å². The predicted octanol–water partition coefficient (Wildman–Crippen LogP) is 2.59. The van der Waals surface area contributed by atoms with Crippen LogP contribution in [0, 0.1) is 11.6 Å². The van der Waals surface area contributed by atoms with Crippen molar-refractivity contribution in [2.45, 2.75) is 13.5 Å². The van der Waals surface area contributed by atoms with Gasteiger partial charge in [-0.25, -0.2) is 17.9 Å². The third-order valence-electron chi connectivity index (χ3n) is 4.61. The van der Waals surface area contributed by atoms with Crippen molar-refractivity contribution in [1.29, 1.82) is 0 Å². The number of benzene rings is 2. The van der Waals surface area contributed by atoms with Crippen LogP contribution in [0.5, 0.6) is 5.75 Å². The van der Waals surface area contributed by atoms with Crippen LogP contribution in [-0.2, 0) is 11.3 Å². The Kier molecular flexibility index (Phi) is 9.18. The molecule has 186 valence electrons. The third-order valence-corrected chi connectivity index (χ3v) is 4.61. The fourth-order valence-corrected chi connectivity index (χ4v) is 3.06. The second kappa shape index (κ2) is 12.5. The monoisotopic (exact) mass is 491 g/mol. The SMILES string of the molecule is CCNC(=O)c1ccc(-n2cc(C(=O)NCc3cc(F)cc(F)c3)nn2)c(OCCOCCF)c1. The second-order valence-electron chi connectivity index (χ2n) is 7.20. The Morgan fingerprint density at radius 1 is 1.00 bits per heavy atom. The number of nitrogens with one attached hydrogen (secondary N) is 2. The van der Waals surface area contributed by atoms with Crippen molar-refractivity contribution in [3.05, 3.63) is 71.1 Å². The number of aromatic nitrogens is 3. The molecule has 0 fully saturated rings. The van der Waals surface area contributed by atoms with E-state index in [9.17, 15) is 22.8 Å². The molecule has 3 rings (SSSR count). The van der Waals surface area contributed by atoms with E-state index in [1.165, 1.54) is 16.9 Å². The predicted molar refractivity (Wildman–Crippen MR) is 119 cm³/mol. The molecule has 1 heterocycles. The molecule has 9 nitrogen and oxygen atoms in total. The fraction of sp³-hybridized carbons (Fsp3) is 0.304. The van der Waals surface area contributed by atoms with Crippen molar-refractivity contribution in [1.82, 2.24) is 25.6 Å². The number of halogens is 3. The zero-order chi connectivity index (χ0) is 25.2. The van der Waals surface area contributed by atoms with Crippen LogP contribution in [0.4, 0.5) is 13.2 Å². The van der Waals surface area contributed by atoms with E-state index in [0.29, 0.717) is 17.8 Å². The molecule has 0 saturated heterocycles. The van der Waals surface area contributed by atoms with Gasteiger partial charge >= 0.3 is 0 Å². The van der Waals surface area contributed by atoms with Gasteiger partial charge in [0.1, 0.15) is 36.4 Å². The molecule has 0 bridgehead atoms. The number of carbonyl (C=O) groups is 2. The van der Waals surface area contributed by atoms with Gasteiger partial charge in [0.05, 0.1) is 19.4 Å². The summed E-state index contributed by atoms with van der Waals surface area (Å²) < 4.78 is 50.9. The Morgan fingerprint density at radius 2 is 1.77 bits per heavy atom. The first-order valence-corrected chi connectivity index (χ1v) is 10.8. The molecule has 0 aliphatic carbocycles. The van der Waals surface area contributed by atoms with Gasteiger partial charge in [0.25, 0.3) is 11.8 Å². The van der Waals surface area contributed by atoms with Crippen molar-refractivity contribution in [2.75, 3.05) is 33.0 Å². The Labute approximate surface area is 199 Å². The van der Waals surface area contributed by atoms with E-state index in [-0.39, 0.29) is 49.3 Å². The number of amides is 2. The summed E-state index contributed by atoms with van der Waals surface area (Å²) in [6, 6.07) is 7.60. The maximum atomic E-state index is 13.3. The molecule has 0 aliphatic heterocycles. The molecule has 3 aromatic rings. The van der Waals surface area contributed by atoms with Crippen molar-refractivity contribution < 1.29 is 32.2 Å². The fourth-order valence-electron chi connectivity index (χ4n) is 3.06. The van der Waals surface area contributed by atoms with Crippen LogP contribution in [0.2, 0.25) is 0 Å². The number of alkyl halides is 1. The van der Waals surface area contributed by atoms with Crippen LogP contribution in [0.15, 0.2) is 42.6 Å². The minimum absolute atomic E-state index is 0.0492. The first-order valence-electron chi connectivity index (χ1n) is 10.8. The minimum atomic E-state index is -0.751. The second-order valence-corrected chi connectivity index (χ2v) is 7.20. The Balaban J connectivity index is 1.75. The normalized spacial score (nSPS) is 10.7. The van der Waals surface area contributed by atoms with Crippen molar-refractivity contribution >= 4 is 11.8 Å². The summed E-state index contributed by atoms with van der Waals surface area (Å²) in [5, 5.41) is 13.0. The number of hydrogen-bond donors (Lipinski definition) is 2. The van der Waals surface area contributed by atoms with Crippen LogP contribution in [-0.4, -0.2) is 59.8 Å². The average molecular weight is 491 g/mol. The number of hydrogen-bond acceptors (Lipinski definition) is 6. The van der Waals surface area contributed by atoms with Gasteiger partial charge in [-0.3, -0.25) is 9.59 Å². The van der Waals surface area contributed by atoms with Crippen LogP contribution < -0.4 is 15.4 Å². The summed E-state index contributed by atoms with van der Waals surface area (Å²) in [7, 11) is 0. The molecule has 0 atom stereocenters. The molecule has 0 aliphatic rings. The summed E-state index contributed by atoms with van der Waals surface area (Å²) in [4.78, 5) is 24.7. The van der Waals surface area contributed by atoms with Gasteiger partial charge in [-0.05, 0) is 42.8 Å². The van der Waals surface area contributed by atoms with Gasteiger partial charge in [0.15, 0.2) is 5.69 Å².